The van der Waals surface area contributed by atoms with Crippen LogP contribution in [0.4, 0.5) is 4.39 Å². The van der Waals surface area contributed by atoms with Crippen LogP contribution < -0.4 is 24.8 Å². The molecule has 234 valence electrons. The molecule has 5 rings (SSSR count). The summed E-state index contributed by atoms with van der Waals surface area (Å²) in [5.41, 5.74) is 3.69. The molecule has 44 heavy (non-hydrogen) atoms. The van der Waals surface area contributed by atoms with Crippen LogP contribution >= 0.6 is 0 Å². The van der Waals surface area contributed by atoms with Crippen molar-refractivity contribution in [2.75, 3.05) is 40.5 Å². The molecule has 4 bridgehead atoms. The first-order valence-corrected chi connectivity index (χ1v) is 16.1. The third kappa shape index (κ3) is 7.31. The van der Waals surface area contributed by atoms with E-state index in [1.807, 2.05) is 30.3 Å². The molecule has 3 aromatic rings. The molecule has 0 saturated carbocycles. The number of carbonyl (C=O) groups excluding carboxylic acids is 2. The highest BCUT2D eigenvalue weighted by Crippen LogP contribution is 2.42. The molecule has 2 aliphatic heterocycles. The van der Waals surface area contributed by atoms with Crippen molar-refractivity contribution in [3.05, 3.63) is 77.1 Å². The normalized spacial score (nSPS) is 18.2. The lowest BCUT2D eigenvalue weighted by Gasteiger charge is -2.28. The van der Waals surface area contributed by atoms with E-state index in [-0.39, 0.29) is 56.1 Å². The highest BCUT2D eigenvalue weighted by Gasteiger charge is 2.27. The van der Waals surface area contributed by atoms with Crippen molar-refractivity contribution in [2.45, 2.75) is 37.5 Å². The van der Waals surface area contributed by atoms with E-state index in [1.165, 1.54) is 28.6 Å². The lowest BCUT2D eigenvalue weighted by Crippen LogP contribution is -2.41. The maximum absolute atomic E-state index is 13.4. The van der Waals surface area contributed by atoms with Crippen LogP contribution in [0.25, 0.3) is 11.1 Å². The van der Waals surface area contributed by atoms with E-state index >= 15 is 0 Å². The van der Waals surface area contributed by atoms with Gasteiger partial charge in [-0.1, -0.05) is 18.2 Å². The Bertz CT molecular complexity index is 1630. The van der Waals surface area contributed by atoms with E-state index in [0.717, 1.165) is 22.3 Å². The topological polar surface area (TPSA) is 123 Å². The van der Waals surface area contributed by atoms with Crippen molar-refractivity contribution >= 4 is 21.8 Å². The number of hydrogen-bond donors (Lipinski definition) is 2. The minimum Gasteiger partial charge on any atom is -0.493 e. The average Bonchev–Trinajstić information content (AvgIpc) is 3.01. The van der Waals surface area contributed by atoms with E-state index in [0.29, 0.717) is 42.3 Å². The molecule has 12 heteroatoms. The summed E-state index contributed by atoms with van der Waals surface area (Å²) in [5.74, 6) is 0.340. The first-order valence-electron chi connectivity index (χ1n) is 14.5. The third-order valence-electron chi connectivity index (χ3n) is 7.80. The number of aryl methyl sites for hydroxylation is 1. The van der Waals surface area contributed by atoms with Crippen LogP contribution in [0, 0.1) is 5.82 Å². The summed E-state index contributed by atoms with van der Waals surface area (Å²) in [7, 11) is -0.769. The molecule has 2 heterocycles. The number of sulfonamides is 1. The Morgan fingerprint density at radius 1 is 0.955 bits per heavy atom. The fraction of sp³-hybridized carbons (Fsp3) is 0.375. The van der Waals surface area contributed by atoms with Gasteiger partial charge in [-0.25, -0.2) is 12.8 Å². The Balaban J connectivity index is 1.46. The molecule has 2 N–H and O–H groups in total. The van der Waals surface area contributed by atoms with Gasteiger partial charge in [-0.05, 0) is 59.5 Å². The molecule has 0 spiro atoms. The van der Waals surface area contributed by atoms with E-state index in [9.17, 15) is 22.4 Å². The zero-order valence-corrected chi connectivity index (χ0v) is 25.5. The summed E-state index contributed by atoms with van der Waals surface area (Å²) in [6.07, 6.45) is 1.04. The Kier molecular flexibility index (Phi) is 9.70. The molecule has 0 radical (unpaired) electrons. The molecule has 2 amide bonds. The minimum absolute atomic E-state index is 0.0213. The molecule has 0 saturated heterocycles. The molecule has 1 atom stereocenters. The van der Waals surface area contributed by atoms with Gasteiger partial charge in [0.25, 0.3) is 0 Å². The van der Waals surface area contributed by atoms with E-state index in [1.54, 1.807) is 14.2 Å². The molecule has 2 aliphatic rings. The number of nitrogens with zero attached hydrogens (tertiary/aromatic N) is 1. The number of nitrogens with one attached hydrogen (secondary N) is 2. The van der Waals surface area contributed by atoms with Crippen molar-refractivity contribution in [1.29, 1.82) is 0 Å². The van der Waals surface area contributed by atoms with Gasteiger partial charge in [0.2, 0.25) is 21.8 Å². The molecule has 0 aliphatic carbocycles. The highest BCUT2D eigenvalue weighted by atomic mass is 32.2. The quantitative estimate of drug-likeness (QED) is 0.443. The number of carbonyl (C=O) groups is 2. The van der Waals surface area contributed by atoms with Gasteiger partial charge in [0.1, 0.15) is 11.6 Å². The molecule has 0 aromatic heterocycles. The predicted octanol–water partition coefficient (Wildman–Crippen LogP) is 3.73. The van der Waals surface area contributed by atoms with Crippen LogP contribution in [0.1, 0.15) is 42.0 Å². The van der Waals surface area contributed by atoms with Crippen LogP contribution in [0.3, 0.4) is 0 Å². The second-order valence-corrected chi connectivity index (χ2v) is 12.7. The number of halogens is 1. The maximum Gasteiger partial charge on any atom is 0.221 e. The van der Waals surface area contributed by atoms with Crippen molar-refractivity contribution < 1.29 is 36.6 Å². The van der Waals surface area contributed by atoms with Gasteiger partial charge in [-0.2, -0.15) is 4.31 Å². The molecular weight excluding hydrogens is 589 g/mol. The van der Waals surface area contributed by atoms with Crippen molar-refractivity contribution in [1.82, 2.24) is 14.9 Å². The zero-order valence-electron chi connectivity index (χ0n) is 24.7. The molecule has 1 unspecified atom stereocenters. The highest BCUT2D eigenvalue weighted by molar-refractivity contribution is 7.88. The number of benzene rings is 3. The van der Waals surface area contributed by atoms with Gasteiger partial charge in [0.05, 0.1) is 32.6 Å². The van der Waals surface area contributed by atoms with Gasteiger partial charge >= 0.3 is 0 Å². The Morgan fingerprint density at radius 3 is 2.50 bits per heavy atom. The van der Waals surface area contributed by atoms with Crippen LogP contribution in [0.5, 0.6) is 17.2 Å². The Labute approximate surface area is 256 Å². The van der Waals surface area contributed by atoms with Crippen molar-refractivity contribution in [3.63, 3.8) is 0 Å². The fourth-order valence-corrected chi connectivity index (χ4v) is 7.06. The summed E-state index contributed by atoms with van der Waals surface area (Å²) in [4.78, 5) is 26.0. The van der Waals surface area contributed by atoms with Gasteiger partial charge in [-0.15, -0.1) is 0 Å². The predicted molar refractivity (Wildman–Crippen MR) is 163 cm³/mol. The van der Waals surface area contributed by atoms with Crippen LogP contribution in [-0.2, 0) is 31.8 Å². The van der Waals surface area contributed by atoms with Gasteiger partial charge in [0.15, 0.2) is 11.5 Å². The first kappa shape index (κ1) is 31.3. The first-order chi connectivity index (χ1) is 21.2. The Hall–Kier alpha value is -4.16. The number of amides is 2. The van der Waals surface area contributed by atoms with Gasteiger partial charge in [0, 0.05) is 50.0 Å². The maximum atomic E-state index is 13.4. The summed E-state index contributed by atoms with van der Waals surface area (Å²) in [6, 6.07) is 14.4. The number of rotatable bonds is 5. The van der Waals surface area contributed by atoms with Crippen LogP contribution in [-0.4, -0.2) is 65.0 Å². The second kappa shape index (κ2) is 13.6. The summed E-state index contributed by atoms with van der Waals surface area (Å²) >= 11 is 0. The third-order valence-corrected chi connectivity index (χ3v) is 9.65. The van der Waals surface area contributed by atoms with Gasteiger partial charge < -0.3 is 24.8 Å². The number of methoxy groups -OCH3 is 2. The summed E-state index contributed by atoms with van der Waals surface area (Å²) in [6.45, 7) is 0.380. The largest absolute Gasteiger partial charge is 0.493 e. The van der Waals surface area contributed by atoms with E-state index in [2.05, 4.69) is 10.6 Å². The monoisotopic (exact) mass is 625 g/mol. The zero-order chi connectivity index (χ0) is 31.3. The smallest absolute Gasteiger partial charge is 0.221 e. The summed E-state index contributed by atoms with van der Waals surface area (Å²) in [5, 5.41) is 5.86. The SMILES string of the molecule is COc1cc2cc(c1OC)-c1ccc3c(c1)C(CCO3)NC(=O)CCN(S(=O)(=O)Cc1ccc(F)cc1)CCNC(=O)CC2. The number of ether oxygens (including phenoxy) is 3. The van der Waals surface area contributed by atoms with E-state index < -0.39 is 15.8 Å². The molecule has 10 nitrogen and oxygen atoms in total. The summed E-state index contributed by atoms with van der Waals surface area (Å²) < 4.78 is 58.6. The molecular formula is C32H36FN3O7S. The van der Waals surface area contributed by atoms with Crippen LogP contribution in [0.15, 0.2) is 54.6 Å². The van der Waals surface area contributed by atoms with Gasteiger partial charge in [-0.3, -0.25) is 9.59 Å². The average molecular weight is 626 g/mol. The molecule has 0 fully saturated rings. The number of fused-ring (bicyclic) bond motifs is 4. The lowest BCUT2D eigenvalue weighted by atomic mass is 9.93. The van der Waals surface area contributed by atoms with Crippen molar-refractivity contribution in [2.24, 2.45) is 0 Å². The van der Waals surface area contributed by atoms with Crippen molar-refractivity contribution in [3.8, 4) is 28.4 Å². The second-order valence-electron chi connectivity index (χ2n) is 10.8. The molecule has 3 aromatic carbocycles. The number of hydrogen-bond acceptors (Lipinski definition) is 7. The fourth-order valence-electron chi connectivity index (χ4n) is 5.52. The lowest BCUT2D eigenvalue weighted by molar-refractivity contribution is -0.122. The van der Waals surface area contributed by atoms with Crippen LogP contribution in [0.2, 0.25) is 0 Å². The standard InChI is InChI=1S/C32H36FN3O7S/c1-41-29-18-22-5-10-30(37)34-13-15-36(44(39,40)20-21-3-7-24(33)8-4-21)14-11-31(38)35-27-12-16-43-28-9-6-23(19-26(27)28)25(17-22)32(29)42-2/h3-4,6-9,17-19,27H,5,10-16,20H2,1-2H3,(H,34,37)(H,35,38). The minimum atomic E-state index is -3.89. The Morgan fingerprint density at radius 2 is 1.75 bits per heavy atom. The van der Waals surface area contributed by atoms with E-state index in [4.69, 9.17) is 14.2 Å².